The second kappa shape index (κ2) is 10.1. The zero-order valence-corrected chi connectivity index (χ0v) is 20.4. The molecule has 3 nitrogen and oxygen atoms in total. The lowest BCUT2D eigenvalue weighted by Crippen LogP contribution is -2.25. The SMILES string of the molecule is O=C(NCCc1ccc(Cl)cc1)c1ccc2c(c1)N=C(c1ccc(Cl)cc1)c1ccccc1S2. The summed E-state index contributed by atoms with van der Waals surface area (Å²) in [6, 6.07) is 29.2. The molecule has 6 heteroatoms. The summed E-state index contributed by atoms with van der Waals surface area (Å²) >= 11 is 13.7. The van der Waals surface area contributed by atoms with E-state index in [-0.39, 0.29) is 5.91 Å². The van der Waals surface area contributed by atoms with Gasteiger partial charge in [0.25, 0.3) is 5.91 Å². The van der Waals surface area contributed by atoms with Crippen molar-refractivity contribution >= 4 is 52.3 Å². The third-order valence-corrected chi connectivity index (χ3v) is 7.19. The number of nitrogens with zero attached hydrogens (tertiary/aromatic N) is 1. The van der Waals surface area contributed by atoms with E-state index in [0.717, 1.165) is 44.3 Å². The van der Waals surface area contributed by atoms with Gasteiger partial charge in [-0.25, -0.2) is 4.99 Å². The van der Waals surface area contributed by atoms with Gasteiger partial charge in [-0.05, 0) is 60.5 Å². The average molecular weight is 503 g/mol. The van der Waals surface area contributed by atoms with Gasteiger partial charge >= 0.3 is 0 Å². The zero-order valence-electron chi connectivity index (χ0n) is 18.1. The minimum absolute atomic E-state index is 0.119. The highest BCUT2D eigenvalue weighted by atomic mass is 35.5. The summed E-state index contributed by atoms with van der Waals surface area (Å²) in [4.78, 5) is 20.0. The fourth-order valence-corrected chi connectivity index (χ4v) is 5.04. The molecule has 34 heavy (non-hydrogen) atoms. The maximum absolute atomic E-state index is 12.9. The number of carbonyl (C=O) groups excluding carboxylic acids is 1. The molecular weight excluding hydrogens is 483 g/mol. The van der Waals surface area contributed by atoms with Crippen molar-refractivity contribution in [2.24, 2.45) is 4.99 Å². The number of benzene rings is 4. The Morgan fingerprint density at radius 1 is 0.824 bits per heavy atom. The molecule has 0 atom stereocenters. The van der Waals surface area contributed by atoms with Crippen molar-refractivity contribution in [3.05, 3.63) is 123 Å². The van der Waals surface area contributed by atoms with Crippen molar-refractivity contribution in [1.82, 2.24) is 5.32 Å². The van der Waals surface area contributed by atoms with Crippen molar-refractivity contribution in [3.63, 3.8) is 0 Å². The number of halogens is 2. The van der Waals surface area contributed by atoms with Crippen molar-refractivity contribution in [1.29, 1.82) is 0 Å². The number of carbonyl (C=O) groups is 1. The van der Waals surface area contributed by atoms with E-state index >= 15 is 0 Å². The van der Waals surface area contributed by atoms with Gasteiger partial charge in [0.1, 0.15) is 0 Å². The molecule has 0 saturated carbocycles. The van der Waals surface area contributed by atoms with Gasteiger partial charge in [-0.1, -0.05) is 77.4 Å². The van der Waals surface area contributed by atoms with Crippen molar-refractivity contribution in [2.75, 3.05) is 6.54 Å². The highest BCUT2D eigenvalue weighted by molar-refractivity contribution is 7.99. The predicted octanol–water partition coefficient (Wildman–Crippen LogP) is 7.60. The van der Waals surface area contributed by atoms with E-state index in [1.54, 1.807) is 11.8 Å². The molecular formula is C28H20Cl2N2OS. The van der Waals surface area contributed by atoms with Gasteiger partial charge in [-0.15, -0.1) is 0 Å². The first-order valence-corrected chi connectivity index (χ1v) is 12.4. The second-order valence-corrected chi connectivity index (χ2v) is 9.84. The maximum Gasteiger partial charge on any atom is 0.251 e. The summed E-state index contributed by atoms with van der Waals surface area (Å²) in [5.74, 6) is -0.119. The summed E-state index contributed by atoms with van der Waals surface area (Å²) in [7, 11) is 0. The fourth-order valence-electron chi connectivity index (χ4n) is 3.78. The number of hydrogen-bond donors (Lipinski definition) is 1. The summed E-state index contributed by atoms with van der Waals surface area (Å²) in [5.41, 5.74) is 5.37. The number of aliphatic imine (C=N–C) groups is 1. The van der Waals surface area contributed by atoms with Crippen LogP contribution < -0.4 is 5.32 Å². The van der Waals surface area contributed by atoms with Crippen LogP contribution in [-0.4, -0.2) is 18.2 Å². The number of rotatable bonds is 5. The Hall–Kier alpha value is -3.05. The molecule has 0 aliphatic carbocycles. The summed E-state index contributed by atoms with van der Waals surface area (Å²) in [6.45, 7) is 0.539. The number of fused-ring (bicyclic) bond motifs is 2. The molecule has 1 heterocycles. The van der Waals surface area contributed by atoms with Crippen LogP contribution >= 0.6 is 35.0 Å². The van der Waals surface area contributed by atoms with Crippen molar-refractivity contribution < 1.29 is 4.79 Å². The summed E-state index contributed by atoms with van der Waals surface area (Å²) in [6.07, 6.45) is 0.734. The zero-order chi connectivity index (χ0) is 23.5. The first-order valence-electron chi connectivity index (χ1n) is 10.9. The Labute approximate surface area is 212 Å². The van der Waals surface area contributed by atoms with Crippen LogP contribution in [0.4, 0.5) is 5.69 Å². The fraction of sp³-hybridized carbons (Fsp3) is 0.0714. The van der Waals surface area contributed by atoms with Crippen LogP contribution in [0, 0.1) is 0 Å². The Morgan fingerprint density at radius 2 is 1.53 bits per heavy atom. The van der Waals surface area contributed by atoms with Crippen LogP contribution in [-0.2, 0) is 6.42 Å². The lowest BCUT2D eigenvalue weighted by atomic mass is 10.0. The number of nitrogens with one attached hydrogen (secondary N) is 1. The maximum atomic E-state index is 12.9. The first kappa shape index (κ1) is 22.7. The van der Waals surface area contributed by atoms with Crippen LogP contribution in [0.2, 0.25) is 10.0 Å². The molecule has 1 aliphatic rings. The van der Waals surface area contributed by atoms with E-state index in [1.165, 1.54) is 0 Å². The molecule has 4 aromatic carbocycles. The molecule has 0 aromatic heterocycles. The van der Waals surface area contributed by atoms with Crippen LogP contribution in [0.25, 0.3) is 0 Å². The van der Waals surface area contributed by atoms with Gasteiger partial charge in [0.05, 0.1) is 11.4 Å². The molecule has 5 rings (SSSR count). The highest BCUT2D eigenvalue weighted by Crippen LogP contribution is 2.41. The Bertz CT molecular complexity index is 1380. The highest BCUT2D eigenvalue weighted by Gasteiger charge is 2.20. The molecule has 4 aromatic rings. The molecule has 1 N–H and O–H groups in total. The van der Waals surface area contributed by atoms with Gasteiger partial charge in [-0.2, -0.15) is 0 Å². The molecule has 0 saturated heterocycles. The quantitative estimate of drug-likeness (QED) is 0.268. The Kier molecular flexibility index (Phi) is 6.73. The molecule has 168 valence electrons. The smallest absolute Gasteiger partial charge is 0.251 e. The minimum Gasteiger partial charge on any atom is -0.352 e. The summed E-state index contributed by atoms with van der Waals surface area (Å²) < 4.78 is 0. The van der Waals surface area contributed by atoms with E-state index in [4.69, 9.17) is 28.2 Å². The predicted molar refractivity (Wildman–Crippen MR) is 141 cm³/mol. The minimum atomic E-state index is -0.119. The lowest BCUT2D eigenvalue weighted by Gasteiger charge is -2.09. The van der Waals surface area contributed by atoms with Gasteiger partial charge in [0.2, 0.25) is 0 Å². The number of hydrogen-bond acceptors (Lipinski definition) is 3. The van der Waals surface area contributed by atoms with Gasteiger partial charge in [-0.3, -0.25) is 4.79 Å². The molecule has 0 unspecified atom stereocenters. The molecule has 0 radical (unpaired) electrons. The van der Waals surface area contributed by atoms with Crippen LogP contribution in [0.1, 0.15) is 27.0 Å². The van der Waals surface area contributed by atoms with E-state index < -0.39 is 0 Å². The molecule has 0 spiro atoms. The summed E-state index contributed by atoms with van der Waals surface area (Å²) in [5, 5.41) is 4.39. The van der Waals surface area contributed by atoms with Gasteiger partial charge in [0, 0.05) is 43.1 Å². The molecule has 0 fully saturated rings. The Balaban J connectivity index is 1.42. The number of amides is 1. The van der Waals surface area contributed by atoms with E-state index in [2.05, 4.69) is 17.4 Å². The molecule has 0 bridgehead atoms. The van der Waals surface area contributed by atoms with Gasteiger partial charge in [0.15, 0.2) is 0 Å². The normalized spacial score (nSPS) is 12.2. The van der Waals surface area contributed by atoms with Crippen LogP contribution in [0.15, 0.2) is 106 Å². The largest absolute Gasteiger partial charge is 0.352 e. The van der Waals surface area contributed by atoms with Crippen LogP contribution in [0.5, 0.6) is 0 Å². The van der Waals surface area contributed by atoms with Crippen molar-refractivity contribution in [3.8, 4) is 0 Å². The van der Waals surface area contributed by atoms with Gasteiger partial charge < -0.3 is 5.32 Å². The molecule has 1 amide bonds. The van der Waals surface area contributed by atoms with Crippen LogP contribution in [0.3, 0.4) is 0 Å². The van der Waals surface area contributed by atoms with E-state index in [9.17, 15) is 4.79 Å². The van der Waals surface area contributed by atoms with E-state index in [0.29, 0.717) is 22.2 Å². The van der Waals surface area contributed by atoms with Crippen molar-refractivity contribution in [2.45, 2.75) is 16.2 Å². The third-order valence-electron chi connectivity index (χ3n) is 5.55. The third kappa shape index (κ3) is 5.05. The second-order valence-electron chi connectivity index (χ2n) is 7.88. The average Bonchev–Trinajstić information content (AvgIpc) is 3.02. The molecule has 1 aliphatic heterocycles. The van der Waals surface area contributed by atoms with E-state index in [1.807, 2.05) is 78.9 Å². The topological polar surface area (TPSA) is 41.5 Å². The lowest BCUT2D eigenvalue weighted by molar-refractivity contribution is 0.0954. The monoisotopic (exact) mass is 502 g/mol. The Morgan fingerprint density at radius 3 is 2.29 bits per heavy atom. The first-order chi connectivity index (χ1) is 16.6. The standard InChI is InChI=1S/C28H20Cl2N2OS/c29-21-10-5-18(6-11-21)15-16-31-28(33)20-9-14-26-24(17-20)32-27(19-7-12-22(30)13-8-19)23-3-1-2-4-25(23)34-26/h1-14,17H,15-16H2,(H,31,33).